The van der Waals surface area contributed by atoms with Crippen molar-refractivity contribution in [2.75, 3.05) is 6.54 Å². The van der Waals surface area contributed by atoms with E-state index in [-0.39, 0.29) is 0 Å². The van der Waals surface area contributed by atoms with Crippen molar-refractivity contribution in [1.29, 1.82) is 0 Å². The summed E-state index contributed by atoms with van der Waals surface area (Å²) in [6, 6.07) is 16.2. The molecule has 1 aliphatic heterocycles. The molecule has 5 rings (SSSR count). The highest BCUT2D eigenvalue weighted by Gasteiger charge is 2.19. The summed E-state index contributed by atoms with van der Waals surface area (Å²) in [5.74, 6) is 0.818. The lowest BCUT2D eigenvalue weighted by molar-refractivity contribution is 0.240. The average molecular weight is 341 g/mol. The summed E-state index contributed by atoms with van der Waals surface area (Å²) in [7, 11) is 0. The van der Waals surface area contributed by atoms with E-state index in [0.29, 0.717) is 0 Å². The molecule has 0 fully saturated rings. The van der Waals surface area contributed by atoms with Gasteiger partial charge in [-0.1, -0.05) is 36.4 Å². The van der Waals surface area contributed by atoms with Crippen molar-refractivity contribution in [3.8, 4) is 11.4 Å². The predicted molar refractivity (Wildman–Crippen MR) is 100 cm³/mol. The molecular weight excluding hydrogens is 322 g/mol. The topological polar surface area (TPSA) is 46.3 Å². The number of aromatic nitrogens is 4. The van der Waals surface area contributed by atoms with Crippen LogP contribution in [0, 0.1) is 0 Å². The van der Waals surface area contributed by atoms with Gasteiger partial charge in [-0.15, -0.1) is 0 Å². The maximum Gasteiger partial charge on any atom is 0.159 e. The van der Waals surface area contributed by atoms with E-state index in [1.165, 1.54) is 11.3 Å². The number of hydrogen-bond donors (Lipinski definition) is 0. The zero-order valence-electron chi connectivity index (χ0n) is 14.4. The van der Waals surface area contributed by atoms with Crippen molar-refractivity contribution in [2.45, 2.75) is 19.5 Å². The first kappa shape index (κ1) is 15.2. The normalized spacial score (nSPS) is 14.5. The first-order chi connectivity index (χ1) is 12.8. The smallest absolute Gasteiger partial charge is 0.159 e. The molecule has 0 bridgehead atoms. The molecule has 0 saturated heterocycles. The number of imidazole rings is 1. The van der Waals surface area contributed by atoms with Crippen LogP contribution in [0.3, 0.4) is 0 Å². The molecule has 1 aliphatic rings. The second-order valence-electron chi connectivity index (χ2n) is 6.69. The summed E-state index contributed by atoms with van der Waals surface area (Å²) in [6.07, 6.45) is 7.09. The minimum absolute atomic E-state index is 0.818. The van der Waals surface area contributed by atoms with Gasteiger partial charge in [-0.2, -0.15) is 0 Å². The van der Waals surface area contributed by atoms with Crippen molar-refractivity contribution in [1.82, 2.24) is 24.3 Å². The average Bonchev–Trinajstić information content (AvgIpc) is 3.10. The molecule has 0 aliphatic carbocycles. The van der Waals surface area contributed by atoms with Gasteiger partial charge in [0.05, 0.1) is 11.4 Å². The van der Waals surface area contributed by atoms with Gasteiger partial charge in [0.2, 0.25) is 0 Å². The van der Waals surface area contributed by atoms with Gasteiger partial charge >= 0.3 is 0 Å². The highest BCUT2D eigenvalue weighted by atomic mass is 15.2. The molecule has 0 spiro atoms. The van der Waals surface area contributed by atoms with Gasteiger partial charge < -0.3 is 4.40 Å². The molecule has 0 saturated carbocycles. The van der Waals surface area contributed by atoms with Crippen molar-refractivity contribution >= 4 is 5.65 Å². The number of benzene rings is 1. The Morgan fingerprint density at radius 2 is 1.85 bits per heavy atom. The first-order valence-electron chi connectivity index (χ1n) is 8.90. The highest BCUT2D eigenvalue weighted by molar-refractivity contribution is 5.54. The number of pyridine rings is 1. The lowest BCUT2D eigenvalue weighted by Gasteiger charge is -2.27. The van der Waals surface area contributed by atoms with Crippen molar-refractivity contribution < 1.29 is 0 Å². The third-order valence-corrected chi connectivity index (χ3v) is 4.84. The maximum absolute atomic E-state index is 4.80. The molecule has 0 N–H and O–H groups in total. The SMILES string of the molecule is c1ccc(-c2ncc3c(n2)CCN(Cc2cn4ccccc4n2)C3)cc1. The Morgan fingerprint density at radius 1 is 0.962 bits per heavy atom. The Bertz CT molecular complexity index is 1020. The molecule has 4 aromatic rings. The van der Waals surface area contributed by atoms with Crippen molar-refractivity contribution in [3.63, 3.8) is 0 Å². The van der Waals surface area contributed by atoms with Gasteiger partial charge in [0.15, 0.2) is 5.82 Å². The fourth-order valence-electron chi connectivity index (χ4n) is 3.53. The third-order valence-electron chi connectivity index (χ3n) is 4.84. The van der Waals surface area contributed by atoms with E-state index in [0.717, 1.165) is 48.8 Å². The van der Waals surface area contributed by atoms with Crippen LogP contribution >= 0.6 is 0 Å². The summed E-state index contributed by atoms with van der Waals surface area (Å²) >= 11 is 0. The fourth-order valence-corrected chi connectivity index (χ4v) is 3.53. The van der Waals surface area contributed by atoms with Gasteiger partial charge in [-0.05, 0) is 12.1 Å². The molecular formula is C21H19N5. The Morgan fingerprint density at radius 3 is 2.73 bits per heavy atom. The van der Waals surface area contributed by atoms with E-state index in [9.17, 15) is 0 Å². The van der Waals surface area contributed by atoms with Crippen LogP contribution in [0.1, 0.15) is 17.0 Å². The first-order valence-corrected chi connectivity index (χ1v) is 8.90. The molecule has 0 unspecified atom stereocenters. The van der Waals surface area contributed by atoms with E-state index in [4.69, 9.17) is 9.97 Å². The molecule has 3 aromatic heterocycles. The van der Waals surface area contributed by atoms with Crippen molar-refractivity contribution in [3.05, 3.63) is 84.1 Å². The van der Waals surface area contributed by atoms with Crippen LogP contribution in [0.15, 0.2) is 67.1 Å². The predicted octanol–water partition coefficient (Wildman–Crippen LogP) is 3.35. The van der Waals surface area contributed by atoms with Crippen LogP contribution in [0.25, 0.3) is 17.0 Å². The number of fused-ring (bicyclic) bond motifs is 2. The molecule has 0 atom stereocenters. The van der Waals surface area contributed by atoms with E-state index in [1.807, 2.05) is 48.8 Å². The zero-order valence-corrected chi connectivity index (χ0v) is 14.4. The van der Waals surface area contributed by atoms with Gasteiger partial charge in [0, 0.05) is 55.8 Å². The van der Waals surface area contributed by atoms with Gasteiger partial charge in [0.25, 0.3) is 0 Å². The zero-order chi connectivity index (χ0) is 17.3. The monoisotopic (exact) mass is 341 g/mol. The molecule has 0 radical (unpaired) electrons. The third kappa shape index (κ3) is 2.86. The lowest BCUT2D eigenvalue weighted by Crippen LogP contribution is -2.31. The highest BCUT2D eigenvalue weighted by Crippen LogP contribution is 2.22. The molecule has 128 valence electrons. The van der Waals surface area contributed by atoms with Gasteiger partial charge in [-0.25, -0.2) is 15.0 Å². The molecule has 4 heterocycles. The van der Waals surface area contributed by atoms with Crippen LogP contribution < -0.4 is 0 Å². The van der Waals surface area contributed by atoms with E-state index in [2.05, 4.69) is 32.6 Å². The largest absolute Gasteiger partial charge is 0.307 e. The fraction of sp³-hybridized carbons (Fsp3) is 0.190. The van der Waals surface area contributed by atoms with E-state index < -0.39 is 0 Å². The molecule has 5 heteroatoms. The second kappa shape index (κ2) is 6.35. The standard InChI is InChI=1S/C21H19N5/c1-2-6-16(7-3-1)21-22-12-17-13-25(11-9-19(17)24-21)14-18-15-26-10-5-4-8-20(26)23-18/h1-8,10,12,15H,9,11,13-14H2. The van der Waals surface area contributed by atoms with Crippen LogP contribution in [0.2, 0.25) is 0 Å². The van der Waals surface area contributed by atoms with E-state index >= 15 is 0 Å². The second-order valence-corrected chi connectivity index (χ2v) is 6.69. The number of rotatable bonds is 3. The summed E-state index contributed by atoms with van der Waals surface area (Å²) in [5, 5.41) is 0. The molecule has 5 nitrogen and oxygen atoms in total. The van der Waals surface area contributed by atoms with Crippen LogP contribution in [-0.4, -0.2) is 30.8 Å². The number of nitrogens with zero attached hydrogens (tertiary/aromatic N) is 5. The minimum atomic E-state index is 0.818. The van der Waals surface area contributed by atoms with Crippen LogP contribution in [0.4, 0.5) is 0 Å². The quantitative estimate of drug-likeness (QED) is 0.573. The number of hydrogen-bond acceptors (Lipinski definition) is 4. The van der Waals surface area contributed by atoms with Gasteiger partial charge in [-0.3, -0.25) is 4.90 Å². The molecule has 26 heavy (non-hydrogen) atoms. The summed E-state index contributed by atoms with van der Waals surface area (Å²) in [4.78, 5) is 16.5. The molecule has 1 aromatic carbocycles. The summed E-state index contributed by atoms with van der Waals surface area (Å²) in [6.45, 7) is 2.71. The summed E-state index contributed by atoms with van der Waals surface area (Å²) < 4.78 is 2.07. The summed E-state index contributed by atoms with van der Waals surface area (Å²) in [5.41, 5.74) is 5.56. The minimum Gasteiger partial charge on any atom is -0.307 e. The van der Waals surface area contributed by atoms with Crippen LogP contribution in [0.5, 0.6) is 0 Å². The van der Waals surface area contributed by atoms with Crippen molar-refractivity contribution in [2.24, 2.45) is 0 Å². The van der Waals surface area contributed by atoms with E-state index in [1.54, 1.807) is 0 Å². The Labute approximate surface area is 152 Å². The lowest BCUT2D eigenvalue weighted by atomic mass is 10.1. The molecule has 0 amide bonds. The Hall–Kier alpha value is -3.05. The Balaban J connectivity index is 1.35. The Kier molecular flexibility index (Phi) is 3.72. The van der Waals surface area contributed by atoms with Gasteiger partial charge in [0.1, 0.15) is 5.65 Å². The maximum atomic E-state index is 4.80. The van der Waals surface area contributed by atoms with Crippen LogP contribution in [-0.2, 0) is 19.5 Å².